The quantitative estimate of drug-likeness (QED) is 0.812. The van der Waals surface area contributed by atoms with Gasteiger partial charge in [0.05, 0.1) is 6.54 Å². The Balaban J connectivity index is 1.67. The summed E-state index contributed by atoms with van der Waals surface area (Å²) < 4.78 is 5.75. The Hall–Kier alpha value is -1.71. The molecular weight excluding hydrogens is 252 g/mol. The average Bonchev–Trinajstić information content (AvgIpc) is 2.90. The van der Waals surface area contributed by atoms with Gasteiger partial charge in [-0.3, -0.25) is 0 Å². The number of hydrogen-bond acceptors (Lipinski definition) is 2. The summed E-state index contributed by atoms with van der Waals surface area (Å²) >= 11 is 0. The number of aryl methyl sites for hydroxylation is 2. The van der Waals surface area contributed by atoms with Crippen LogP contribution in [0.1, 0.15) is 36.8 Å². The molecule has 2 amide bonds. The summed E-state index contributed by atoms with van der Waals surface area (Å²) in [7, 11) is 0. The van der Waals surface area contributed by atoms with Crippen LogP contribution in [-0.2, 0) is 0 Å². The lowest BCUT2D eigenvalue weighted by Gasteiger charge is -2.14. The molecule has 0 saturated heterocycles. The summed E-state index contributed by atoms with van der Waals surface area (Å²) in [5.74, 6) is 0.922. The molecule has 1 aliphatic carbocycles. The lowest BCUT2D eigenvalue weighted by atomic mass is 10.1. The summed E-state index contributed by atoms with van der Waals surface area (Å²) in [6, 6.07) is 6.35. The molecule has 0 aromatic heterocycles. The normalized spacial score (nSPS) is 15.1. The maximum Gasteiger partial charge on any atom is 0.315 e. The number of rotatable bonds is 5. The second-order valence-electron chi connectivity index (χ2n) is 5.45. The smallest absolute Gasteiger partial charge is 0.315 e. The highest BCUT2D eigenvalue weighted by atomic mass is 16.5. The molecule has 0 atom stereocenters. The van der Waals surface area contributed by atoms with E-state index >= 15 is 0 Å². The van der Waals surface area contributed by atoms with Gasteiger partial charge < -0.3 is 15.4 Å². The molecule has 0 bridgehead atoms. The SMILES string of the molecule is Cc1cccc(C)c1OCCNC(=O)NC1CCCC1. The maximum atomic E-state index is 11.7. The van der Waals surface area contributed by atoms with Crippen LogP contribution in [0.4, 0.5) is 4.79 Å². The van der Waals surface area contributed by atoms with Crippen molar-refractivity contribution in [3.8, 4) is 5.75 Å². The van der Waals surface area contributed by atoms with Crippen molar-refractivity contribution in [2.75, 3.05) is 13.2 Å². The number of carbonyl (C=O) groups is 1. The van der Waals surface area contributed by atoms with Crippen molar-refractivity contribution in [3.63, 3.8) is 0 Å². The van der Waals surface area contributed by atoms with Crippen molar-refractivity contribution in [2.24, 2.45) is 0 Å². The lowest BCUT2D eigenvalue weighted by molar-refractivity contribution is 0.232. The standard InChI is InChI=1S/C16H24N2O2/c1-12-6-5-7-13(2)15(12)20-11-10-17-16(19)18-14-8-3-4-9-14/h5-7,14H,3-4,8-11H2,1-2H3,(H2,17,18,19). The molecule has 0 aliphatic heterocycles. The van der Waals surface area contributed by atoms with E-state index in [1.54, 1.807) is 0 Å². The topological polar surface area (TPSA) is 50.4 Å². The van der Waals surface area contributed by atoms with Crippen molar-refractivity contribution in [3.05, 3.63) is 29.3 Å². The van der Waals surface area contributed by atoms with Crippen molar-refractivity contribution < 1.29 is 9.53 Å². The van der Waals surface area contributed by atoms with E-state index in [4.69, 9.17) is 4.74 Å². The van der Waals surface area contributed by atoms with E-state index in [2.05, 4.69) is 10.6 Å². The maximum absolute atomic E-state index is 11.7. The van der Waals surface area contributed by atoms with Gasteiger partial charge in [-0.15, -0.1) is 0 Å². The molecule has 0 unspecified atom stereocenters. The Morgan fingerprint density at radius 1 is 1.25 bits per heavy atom. The number of carbonyl (C=O) groups excluding carboxylic acids is 1. The number of benzene rings is 1. The lowest BCUT2D eigenvalue weighted by Crippen LogP contribution is -2.42. The number of amides is 2. The molecule has 0 heterocycles. The van der Waals surface area contributed by atoms with E-state index in [0.717, 1.165) is 29.7 Å². The van der Waals surface area contributed by atoms with Crippen molar-refractivity contribution in [1.82, 2.24) is 10.6 Å². The molecule has 4 heteroatoms. The largest absolute Gasteiger partial charge is 0.491 e. The molecule has 0 radical (unpaired) electrons. The van der Waals surface area contributed by atoms with Crippen LogP contribution in [0.2, 0.25) is 0 Å². The van der Waals surface area contributed by atoms with Crippen LogP contribution >= 0.6 is 0 Å². The first-order valence-corrected chi connectivity index (χ1v) is 7.40. The number of urea groups is 1. The first-order chi connectivity index (χ1) is 9.66. The van der Waals surface area contributed by atoms with E-state index < -0.39 is 0 Å². The number of ether oxygens (including phenoxy) is 1. The molecule has 110 valence electrons. The van der Waals surface area contributed by atoms with Crippen LogP contribution in [0.15, 0.2) is 18.2 Å². The van der Waals surface area contributed by atoms with E-state index in [1.807, 2.05) is 32.0 Å². The zero-order chi connectivity index (χ0) is 14.4. The Labute approximate surface area is 120 Å². The van der Waals surface area contributed by atoms with Crippen LogP contribution in [0.5, 0.6) is 5.75 Å². The third-order valence-electron chi connectivity index (χ3n) is 3.73. The van der Waals surface area contributed by atoms with Gasteiger partial charge in [0.25, 0.3) is 0 Å². The number of nitrogens with one attached hydrogen (secondary N) is 2. The second-order valence-corrected chi connectivity index (χ2v) is 5.45. The summed E-state index contributed by atoms with van der Waals surface area (Å²) in [5.41, 5.74) is 2.25. The molecule has 1 saturated carbocycles. The van der Waals surface area contributed by atoms with Crippen molar-refractivity contribution in [2.45, 2.75) is 45.6 Å². The van der Waals surface area contributed by atoms with Gasteiger partial charge in [-0.25, -0.2) is 4.79 Å². The first kappa shape index (κ1) is 14.7. The molecule has 2 rings (SSSR count). The highest BCUT2D eigenvalue weighted by molar-refractivity contribution is 5.74. The van der Waals surface area contributed by atoms with Gasteiger partial charge in [-0.2, -0.15) is 0 Å². The number of para-hydroxylation sites is 1. The third-order valence-corrected chi connectivity index (χ3v) is 3.73. The van der Waals surface area contributed by atoms with Gasteiger partial charge in [-0.05, 0) is 37.8 Å². The van der Waals surface area contributed by atoms with Gasteiger partial charge in [0.15, 0.2) is 0 Å². The van der Waals surface area contributed by atoms with Crippen LogP contribution in [0.3, 0.4) is 0 Å². The molecule has 1 aromatic rings. The molecule has 0 spiro atoms. The molecule has 1 fully saturated rings. The molecule has 2 N–H and O–H groups in total. The van der Waals surface area contributed by atoms with Gasteiger partial charge in [0, 0.05) is 6.04 Å². The van der Waals surface area contributed by atoms with Gasteiger partial charge >= 0.3 is 6.03 Å². The fourth-order valence-corrected chi connectivity index (χ4v) is 2.65. The minimum atomic E-state index is -0.0815. The van der Waals surface area contributed by atoms with E-state index in [0.29, 0.717) is 19.2 Å². The molecule has 20 heavy (non-hydrogen) atoms. The molecule has 4 nitrogen and oxygen atoms in total. The predicted molar refractivity (Wildman–Crippen MR) is 80.2 cm³/mol. The highest BCUT2D eigenvalue weighted by Crippen LogP contribution is 2.21. The summed E-state index contributed by atoms with van der Waals surface area (Å²) in [6.07, 6.45) is 4.65. The Morgan fingerprint density at radius 2 is 1.90 bits per heavy atom. The minimum absolute atomic E-state index is 0.0815. The number of hydrogen-bond donors (Lipinski definition) is 2. The van der Waals surface area contributed by atoms with Crippen LogP contribution in [0.25, 0.3) is 0 Å². The zero-order valence-corrected chi connectivity index (χ0v) is 12.4. The fourth-order valence-electron chi connectivity index (χ4n) is 2.65. The zero-order valence-electron chi connectivity index (χ0n) is 12.4. The molecule has 1 aliphatic rings. The minimum Gasteiger partial charge on any atom is -0.491 e. The summed E-state index contributed by atoms with van der Waals surface area (Å²) in [6.45, 7) is 5.07. The molecule has 1 aromatic carbocycles. The van der Waals surface area contributed by atoms with Crippen molar-refractivity contribution in [1.29, 1.82) is 0 Å². The van der Waals surface area contributed by atoms with E-state index in [9.17, 15) is 4.79 Å². The summed E-state index contributed by atoms with van der Waals surface area (Å²) in [4.78, 5) is 11.7. The Bertz CT molecular complexity index is 434. The summed E-state index contributed by atoms with van der Waals surface area (Å²) in [5, 5.41) is 5.84. The Morgan fingerprint density at radius 3 is 2.55 bits per heavy atom. The van der Waals surface area contributed by atoms with E-state index in [1.165, 1.54) is 12.8 Å². The van der Waals surface area contributed by atoms with Crippen LogP contribution in [0, 0.1) is 13.8 Å². The van der Waals surface area contributed by atoms with Gasteiger partial charge in [0.2, 0.25) is 0 Å². The Kier molecular flexibility index (Phi) is 5.27. The first-order valence-electron chi connectivity index (χ1n) is 7.40. The third kappa shape index (κ3) is 4.15. The monoisotopic (exact) mass is 276 g/mol. The van der Waals surface area contributed by atoms with Gasteiger partial charge in [0.1, 0.15) is 12.4 Å². The van der Waals surface area contributed by atoms with Crippen LogP contribution in [-0.4, -0.2) is 25.2 Å². The van der Waals surface area contributed by atoms with E-state index in [-0.39, 0.29) is 6.03 Å². The van der Waals surface area contributed by atoms with Gasteiger partial charge in [-0.1, -0.05) is 31.0 Å². The average molecular weight is 276 g/mol. The predicted octanol–water partition coefficient (Wildman–Crippen LogP) is 2.92. The second kappa shape index (κ2) is 7.17. The van der Waals surface area contributed by atoms with Crippen molar-refractivity contribution >= 4 is 6.03 Å². The van der Waals surface area contributed by atoms with Crippen LogP contribution < -0.4 is 15.4 Å². The highest BCUT2D eigenvalue weighted by Gasteiger charge is 2.16. The fraction of sp³-hybridized carbons (Fsp3) is 0.562. The molecular formula is C16H24N2O2.